The van der Waals surface area contributed by atoms with Crippen LogP contribution in [-0.2, 0) is 30.5 Å². The van der Waals surface area contributed by atoms with Crippen molar-refractivity contribution in [1.29, 1.82) is 0 Å². The van der Waals surface area contributed by atoms with Gasteiger partial charge in [0.1, 0.15) is 0 Å². The molecule has 4 heterocycles. The zero-order valence-electron chi connectivity index (χ0n) is 17.5. The Morgan fingerprint density at radius 3 is 2.69 bits per heavy atom. The number of aryl methyl sites for hydroxylation is 1. The quantitative estimate of drug-likeness (QED) is 0.404. The first-order valence-electron chi connectivity index (χ1n) is 11.3. The van der Waals surface area contributed by atoms with E-state index in [0.29, 0.717) is 11.8 Å². The molecule has 158 valence electrons. The maximum absolute atomic E-state index is 13.0. The third-order valence-corrected chi connectivity index (χ3v) is 7.86. The molecule has 0 aromatic heterocycles. The molecule has 1 aromatic carbocycles. The zero-order chi connectivity index (χ0) is 20.1. The minimum Gasteiger partial charge on any atom is -0.432 e. The van der Waals surface area contributed by atoms with Crippen LogP contribution in [0.4, 0.5) is 0 Å². The third-order valence-electron chi connectivity index (χ3n) is 7.86. The SMILES string of the molecule is C[C@@H]1CC[C@H]2[C@H](CCCCc3ccccc3)C(=O)O[C@@H]3O[C@@]4(C)CC[C@@H]1[C@]32OO4. The molecule has 6 rings (SSSR count). The van der Waals surface area contributed by atoms with Crippen molar-refractivity contribution in [2.24, 2.45) is 23.7 Å². The van der Waals surface area contributed by atoms with E-state index < -0.39 is 17.7 Å². The minimum atomic E-state index is -0.819. The van der Waals surface area contributed by atoms with Crippen molar-refractivity contribution in [2.75, 3.05) is 0 Å². The molecule has 1 aliphatic carbocycles. The van der Waals surface area contributed by atoms with Gasteiger partial charge in [0, 0.05) is 18.3 Å². The smallest absolute Gasteiger partial charge is 0.311 e. The molecular weight excluding hydrogens is 368 g/mol. The van der Waals surface area contributed by atoms with Crippen molar-refractivity contribution in [2.45, 2.75) is 82.9 Å². The molecule has 29 heavy (non-hydrogen) atoms. The summed E-state index contributed by atoms with van der Waals surface area (Å²) in [5.74, 6) is -0.146. The topological polar surface area (TPSA) is 54.0 Å². The summed E-state index contributed by atoms with van der Waals surface area (Å²) in [4.78, 5) is 25.0. The molecule has 1 saturated carbocycles. The number of ether oxygens (including phenoxy) is 2. The highest BCUT2D eigenvalue weighted by Gasteiger charge is 2.70. The van der Waals surface area contributed by atoms with E-state index in [1.165, 1.54) is 5.56 Å². The fraction of sp³-hybridized carbons (Fsp3) is 0.708. The van der Waals surface area contributed by atoms with Crippen LogP contribution < -0.4 is 0 Å². The molecule has 5 fully saturated rings. The summed E-state index contributed by atoms with van der Waals surface area (Å²) in [6, 6.07) is 10.5. The molecule has 5 heteroatoms. The molecule has 2 bridgehead atoms. The van der Waals surface area contributed by atoms with Crippen LogP contribution in [0.1, 0.15) is 64.4 Å². The van der Waals surface area contributed by atoms with E-state index in [1.54, 1.807) is 0 Å². The first-order valence-corrected chi connectivity index (χ1v) is 11.3. The predicted molar refractivity (Wildman–Crippen MR) is 106 cm³/mol. The molecule has 5 aliphatic rings. The fourth-order valence-electron chi connectivity index (χ4n) is 6.27. The minimum absolute atomic E-state index is 0.106. The second kappa shape index (κ2) is 7.36. The molecule has 5 nitrogen and oxygen atoms in total. The van der Waals surface area contributed by atoms with Crippen molar-refractivity contribution >= 4 is 5.97 Å². The highest BCUT2D eigenvalue weighted by Crippen LogP contribution is 2.60. The lowest BCUT2D eigenvalue weighted by atomic mass is 9.57. The predicted octanol–water partition coefficient (Wildman–Crippen LogP) is 4.79. The Labute approximate surface area is 173 Å². The lowest BCUT2D eigenvalue weighted by Crippen LogP contribution is -2.70. The number of fused-ring (bicyclic) bond motifs is 2. The maximum Gasteiger partial charge on any atom is 0.311 e. The van der Waals surface area contributed by atoms with Crippen LogP contribution in [0, 0.1) is 23.7 Å². The Hall–Kier alpha value is -1.43. The van der Waals surface area contributed by atoms with Crippen LogP contribution in [0.15, 0.2) is 30.3 Å². The summed E-state index contributed by atoms with van der Waals surface area (Å²) in [5.41, 5.74) is 0.704. The first kappa shape index (κ1) is 19.5. The van der Waals surface area contributed by atoms with Gasteiger partial charge in [0.2, 0.25) is 12.1 Å². The number of carbonyl (C=O) groups is 1. The summed E-state index contributed by atoms with van der Waals surface area (Å²) in [6.07, 6.45) is 7.17. The van der Waals surface area contributed by atoms with Gasteiger partial charge >= 0.3 is 5.97 Å². The fourth-order valence-corrected chi connectivity index (χ4v) is 6.27. The van der Waals surface area contributed by atoms with Gasteiger partial charge in [-0.25, -0.2) is 9.78 Å². The van der Waals surface area contributed by atoms with E-state index in [4.69, 9.17) is 19.2 Å². The van der Waals surface area contributed by atoms with Gasteiger partial charge in [-0.15, -0.1) is 0 Å². The van der Waals surface area contributed by atoms with Crippen molar-refractivity contribution in [3.05, 3.63) is 35.9 Å². The summed E-state index contributed by atoms with van der Waals surface area (Å²) < 4.78 is 12.1. The van der Waals surface area contributed by atoms with Gasteiger partial charge in [-0.3, -0.25) is 4.79 Å². The second-order valence-corrected chi connectivity index (χ2v) is 9.68. The van der Waals surface area contributed by atoms with Crippen LogP contribution in [-0.4, -0.2) is 23.6 Å². The van der Waals surface area contributed by atoms with E-state index in [9.17, 15) is 4.79 Å². The van der Waals surface area contributed by atoms with Crippen LogP contribution in [0.25, 0.3) is 0 Å². The molecule has 0 radical (unpaired) electrons. The van der Waals surface area contributed by atoms with E-state index in [0.717, 1.165) is 51.4 Å². The van der Waals surface area contributed by atoms with Crippen molar-refractivity contribution in [3.63, 3.8) is 0 Å². The second-order valence-electron chi connectivity index (χ2n) is 9.68. The van der Waals surface area contributed by atoms with Crippen molar-refractivity contribution < 1.29 is 24.0 Å². The largest absolute Gasteiger partial charge is 0.432 e. The summed E-state index contributed by atoms with van der Waals surface area (Å²) in [5, 5.41) is 0. The number of hydrogen-bond acceptors (Lipinski definition) is 5. The van der Waals surface area contributed by atoms with Crippen molar-refractivity contribution in [1.82, 2.24) is 0 Å². The Bertz CT molecular complexity index is 751. The average Bonchev–Trinajstić information content (AvgIpc) is 2.95. The van der Waals surface area contributed by atoms with Crippen LogP contribution in [0.2, 0.25) is 0 Å². The molecule has 4 saturated heterocycles. The van der Waals surface area contributed by atoms with Crippen LogP contribution in [0.3, 0.4) is 0 Å². The van der Waals surface area contributed by atoms with Gasteiger partial charge in [-0.1, -0.05) is 43.7 Å². The summed E-state index contributed by atoms with van der Waals surface area (Å²) in [6.45, 7) is 4.18. The molecule has 0 unspecified atom stereocenters. The molecule has 4 aliphatic heterocycles. The molecule has 1 spiro atoms. The number of esters is 1. The summed E-state index contributed by atoms with van der Waals surface area (Å²) >= 11 is 0. The Balaban J connectivity index is 1.33. The van der Waals surface area contributed by atoms with Crippen LogP contribution in [0.5, 0.6) is 0 Å². The summed E-state index contributed by atoms with van der Waals surface area (Å²) in [7, 11) is 0. The number of carbonyl (C=O) groups excluding carboxylic acids is 1. The molecule has 1 aromatic rings. The Morgan fingerprint density at radius 1 is 1.03 bits per heavy atom. The molecule has 7 atom stereocenters. The first-order chi connectivity index (χ1) is 14.0. The third kappa shape index (κ3) is 3.22. The van der Waals surface area contributed by atoms with Gasteiger partial charge in [-0.2, -0.15) is 0 Å². The Morgan fingerprint density at radius 2 is 1.86 bits per heavy atom. The monoisotopic (exact) mass is 400 g/mol. The van der Waals surface area contributed by atoms with Crippen molar-refractivity contribution in [3.8, 4) is 0 Å². The highest BCUT2D eigenvalue weighted by molar-refractivity contribution is 5.74. The normalized spacial score (nSPS) is 43.4. The van der Waals surface area contributed by atoms with Gasteiger partial charge in [-0.05, 0) is 56.9 Å². The molecule has 0 N–H and O–H groups in total. The number of benzene rings is 1. The van der Waals surface area contributed by atoms with E-state index in [-0.39, 0.29) is 17.8 Å². The van der Waals surface area contributed by atoms with Crippen LogP contribution >= 0.6 is 0 Å². The highest BCUT2D eigenvalue weighted by atomic mass is 17.3. The van der Waals surface area contributed by atoms with E-state index in [1.807, 2.05) is 13.0 Å². The number of hydrogen-bond donors (Lipinski definition) is 0. The van der Waals surface area contributed by atoms with Gasteiger partial charge in [0.25, 0.3) is 0 Å². The Kier molecular flexibility index (Phi) is 4.96. The zero-order valence-corrected chi connectivity index (χ0v) is 17.5. The standard InChI is InChI=1S/C24H32O5/c1-16-12-13-20-18(11-7-6-10-17-8-4-3-5-9-17)21(25)26-22-24(20)19(16)14-15-23(2,27-22)28-29-24/h3-5,8-9,16,18-20,22H,6-7,10-15H2,1-2H3/t16-,18+,19+,20+,22-,23-,24-/m1/s1. The average molecular weight is 401 g/mol. The maximum atomic E-state index is 13.0. The van der Waals surface area contributed by atoms with E-state index >= 15 is 0 Å². The molecular formula is C24H32O5. The van der Waals surface area contributed by atoms with E-state index in [2.05, 4.69) is 31.2 Å². The lowest BCUT2D eigenvalue weighted by molar-refractivity contribution is -0.559. The van der Waals surface area contributed by atoms with Gasteiger partial charge in [0.05, 0.1) is 5.92 Å². The number of rotatable bonds is 5. The lowest BCUT2D eigenvalue weighted by Gasteiger charge is -2.58. The van der Waals surface area contributed by atoms with Gasteiger partial charge in [0.15, 0.2) is 5.60 Å². The number of unbranched alkanes of at least 4 members (excludes halogenated alkanes) is 1. The molecule has 0 amide bonds. The van der Waals surface area contributed by atoms with Gasteiger partial charge < -0.3 is 9.47 Å².